The van der Waals surface area contributed by atoms with Crippen LogP contribution in [0.2, 0.25) is 5.02 Å². The number of amides is 4. The zero-order valence-electron chi connectivity index (χ0n) is 36.9. The summed E-state index contributed by atoms with van der Waals surface area (Å²) in [6.07, 6.45) is 7.81. The summed E-state index contributed by atoms with van der Waals surface area (Å²) < 4.78 is 25.0. The highest BCUT2D eigenvalue weighted by atomic mass is 35.5. The molecule has 0 saturated carbocycles. The largest absolute Gasteiger partial charge is 0.494 e. The van der Waals surface area contributed by atoms with Gasteiger partial charge in [-0.2, -0.15) is 4.98 Å². The molecule has 5 heterocycles. The van der Waals surface area contributed by atoms with Gasteiger partial charge in [0.2, 0.25) is 23.7 Å². The minimum atomic E-state index is -2.57. The van der Waals surface area contributed by atoms with Gasteiger partial charge in [0.25, 0.3) is 5.91 Å². The summed E-state index contributed by atoms with van der Waals surface area (Å²) in [5, 5.41) is 9.98. The molecule has 0 aliphatic carbocycles. The summed E-state index contributed by atoms with van der Waals surface area (Å²) in [7, 11) is -0.916. The van der Waals surface area contributed by atoms with Crippen LogP contribution in [0.4, 0.5) is 28.8 Å². The van der Waals surface area contributed by atoms with E-state index in [9.17, 15) is 23.7 Å². The number of para-hydroxylation sites is 1. The third-order valence-corrected chi connectivity index (χ3v) is 15.0. The molecule has 1 unspecified atom stereocenters. The van der Waals surface area contributed by atoms with Crippen molar-refractivity contribution in [3.05, 3.63) is 82.5 Å². The van der Waals surface area contributed by atoms with E-state index in [1.54, 1.807) is 32.6 Å². The van der Waals surface area contributed by atoms with Crippen LogP contribution in [0.15, 0.2) is 60.8 Å². The molecule has 3 fully saturated rings. The van der Waals surface area contributed by atoms with Gasteiger partial charge < -0.3 is 39.4 Å². The first-order valence-electron chi connectivity index (χ1n) is 22.1. The number of halogens is 1. The second-order valence-electron chi connectivity index (χ2n) is 17.5. The number of hydrogen-bond acceptors (Lipinski definition) is 12. The predicted octanol–water partition coefficient (Wildman–Crippen LogP) is 7.27. The Morgan fingerprint density at radius 1 is 0.969 bits per heavy atom. The van der Waals surface area contributed by atoms with Crippen LogP contribution in [-0.2, 0) is 31.9 Å². The first-order chi connectivity index (χ1) is 30.8. The Morgan fingerprint density at radius 3 is 2.44 bits per heavy atom. The van der Waals surface area contributed by atoms with Crippen LogP contribution in [0.1, 0.15) is 79.8 Å². The van der Waals surface area contributed by atoms with Gasteiger partial charge in [-0.3, -0.25) is 24.5 Å². The van der Waals surface area contributed by atoms with Crippen molar-refractivity contribution >= 4 is 76.5 Å². The van der Waals surface area contributed by atoms with E-state index < -0.39 is 19.1 Å². The average Bonchev–Trinajstić information content (AvgIpc) is 3.62. The minimum absolute atomic E-state index is 0.132. The minimum Gasteiger partial charge on any atom is -0.494 e. The van der Waals surface area contributed by atoms with E-state index in [0.717, 1.165) is 75.2 Å². The van der Waals surface area contributed by atoms with E-state index >= 15 is 0 Å². The summed E-state index contributed by atoms with van der Waals surface area (Å²) >= 11 is 6.53. The molecule has 4 aliphatic rings. The van der Waals surface area contributed by atoms with Gasteiger partial charge in [-0.05, 0) is 99.6 Å². The Hall–Kier alpha value is -5.66. The fourth-order valence-electron chi connectivity index (χ4n) is 9.48. The fraction of sp³-hybridized carbons (Fsp3) is 0.447. The molecule has 3 aromatic carbocycles. The van der Waals surface area contributed by atoms with Crippen molar-refractivity contribution in [3.8, 4) is 11.5 Å². The second kappa shape index (κ2) is 18.8. The number of likely N-dealkylation sites (tertiary alicyclic amines) is 1. The molecule has 4 amide bonds. The van der Waals surface area contributed by atoms with Crippen LogP contribution in [0.5, 0.6) is 11.5 Å². The number of carbonyl (C=O) groups is 4. The lowest BCUT2D eigenvalue weighted by atomic mass is 9.71. The zero-order valence-corrected chi connectivity index (χ0v) is 38.5. The summed E-state index contributed by atoms with van der Waals surface area (Å²) in [5.74, 6) is 1.10. The average molecular weight is 911 g/mol. The number of hydrogen-bond donors (Lipinski definition) is 3. The quantitative estimate of drug-likeness (QED) is 0.0657. The van der Waals surface area contributed by atoms with Crippen LogP contribution < -0.4 is 35.6 Å². The van der Waals surface area contributed by atoms with Gasteiger partial charge in [-0.1, -0.05) is 36.7 Å². The molecule has 4 aliphatic heterocycles. The molecule has 338 valence electrons. The molecule has 8 rings (SSSR count). The monoisotopic (exact) mass is 910 g/mol. The van der Waals surface area contributed by atoms with Crippen molar-refractivity contribution < 1.29 is 33.2 Å². The second-order valence-corrected chi connectivity index (χ2v) is 21.1. The molecule has 0 bridgehead atoms. The predicted molar refractivity (Wildman–Crippen MR) is 248 cm³/mol. The van der Waals surface area contributed by atoms with Crippen molar-refractivity contribution in [2.45, 2.75) is 77.3 Å². The number of piperidine rings is 3. The number of nitrogens with zero attached hydrogens (tertiary/aromatic N) is 5. The summed E-state index contributed by atoms with van der Waals surface area (Å²) in [5.41, 5.74) is 5.16. The number of ether oxygens (including phenoxy) is 2. The van der Waals surface area contributed by atoms with E-state index in [-0.39, 0.29) is 36.1 Å². The number of imide groups is 1. The summed E-state index contributed by atoms with van der Waals surface area (Å²) in [6.45, 7) is 9.48. The number of nitrogens with one attached hydrogen (secondary N) is 3. The lowest BCUT2D eigenvalue weighted by molar-refractivity contribution is -0.137. The highest BCUT2D eigenvalue weighted by Crippen LogP contribution is 2.45. The standard InChI is InChI=1S/C47H56ClN8O7P/c1-5-30-26-35(51-46-49-28-33(48)43(53-46)50-34-11-6-7-13-40(34)64(3,4)61)39(62-2)27-37(30)54-21-17-47(18-22-54)19-23-55(24-20-47)42(58)14-9-25-63-38-12-8-10-31-32(38)29-56(45(31)60)36-15-16-41(57)52-44(36)59/h6-8,10-13,26-28,36H,5,9,14-25,29H2,1-4H3,(H,52,57,59)(H2,49,50,51,53). The van der Waals surface area contributed by atoms with E-state index in [1.165, 1.54) is 16.7 Å². The van der Waals surface area contributed by atoms with Crippen molar-refractivity contribution in [1.29, 1.82) is 0 Å². The number of fused-ring (bicyclic) bond motifs is 1. The highest BCUT2D eigenvalue weighted by Gasteiger charge is 2.41. The highest BCUT2D eigenvalue weighted by molar-refractivity contribution is 7.70. The first-order valence-corrected chi connectivity index (χ1v) is 25.1. The third-order valence-electron chi connectivity index (χ3n) is 13.2. The first kappa shape index (κ1) is 44.9. The molecular formula is C47H56ClN8O7P. The van der Waals surface area contributed by atoms with Crippen LogP contribution in [-0.4, -0.2) is 103 Å². The van der Waals surface area contributed by atoms with Crippen LogP contribution in [0.3, 0.4) is 0 Å². The van der Waals surface area contributed by atoms with Gasteiger partial charge >= 0.3 is 0 Å². The zero-order chi connectivity index (χ0) is 45.2. The van der Waals surface area contributed by atoms with Gasteiger partial charge in [-0.15, -0.1) is 0 Å². The summed E-state index contributed by atoms with van der Waals surface area (Å²) in [6, 6.07) is 16.3. The van der Waals surface area contributed by atoms with Crippen LogP contribution in [0, 0.1) is 5.41 Å². The molecule has 17 heteroatoms. The van der Waals surface area contributed by atoms with E-state index in [1.807, 2.05) is 35.2 Å². The van der Waals surface area contributed by atoms with Crippen molar-refractivity contribution in [2.24, 2.45) is 5.41 Å². The Morgan fingerprint density at radius 2 is 1.72 bits per heavy atom. The Bertz CT molecular complexity index is 2500. The Labute approximate surface area is 379 Å². The third kappa shape index (κ3) is 9.56. The number of benzene rings is 3. The molecule has 64 heavy (non-hydrogen) atoms. The SMILES string of the molecule is CCc1cc(Nc2ncc(Cl)c(Nc3ccccc3P(C)(C)=O)n2)c(OC)cc1N1CCC2(CCN(C(=O)CCCOc3cccc4c3CN(C3CCC(=O)NC3=O)C4=O)CC2)CC1. The fourth-order valence-corrected chi connectivity index (χ4v) is 10.8. The topological polar surface area (TPSA) is 175 Å². The Balaban J connectivity index is 0.823. The molecular weight excluding hydrogens is 855 g/mol. The van der Waals surface area contributed by atoms with Gasteiger partial charge in [0.15, 0.2) is 5.82 Å². The molecule has 3 saturated heterocycles. The van der Waals surface area contributed by atoms with Gasteiger partial charge in [0.1, 0.15) is 29.7 Å². The molecule has 1 spiro atoms. The van der Waals surface area contributed by atoms with E-state index in [0.29, 0.717) is 70.7 Å². The maximum absolute atomic E-state index is 13.4. The van der Waals surface area contributed by atoms with Gasteiger partial charge in [-0.25, -0.2) is 4.98 Å². The molecule has 0 radical (unpaired) electrons. The van der Waals surface area contributed by atoms with Crippen LogP contribution >= 0.6 is 18.7 Å². The molecule has 1 aromatic heterocycles. The maximum Gasteiger partial charge on any atom is 0.255 e. The lowest BCUT2D eigenvalue weighted by Gasteiger charge is -2.47. The van der Waals surface area contributed by atoms with Gasteiger partial charge in [0, 0.05) is 67.2 Å². The van der Waals surface area contributed by atoms with Crippen molar-refractivity contribution in [3.63, 3.8) is 0 Å². The van der Waals surface area contributed by atoms with Crippen molar-refractivity contribution in [1.82, 2.24) is 25.1 Å². The number of carbonyl (C=O) groups excluding carboxylic acids is 4. The van der Waals surface area contributed by atoms with Gasteiger partial charge in [0.05, 0.1) is 37.8 Å². The molecule has 1 atom stereocenters. The number of anilines is 5. The molecule has 15 nitrogen and oxygen atoms in total. The number of aryl methyl sites for hydroxylation is 1. The normalized spacial score (nSPS) is 18.5. The lowest BCUT2D eigenvalue weighted by Crippen LogP contribution is -2.52. The Kier molecular flexibility index (Phi) is 13.2. The number of methoxy groups -OCH3 is 1. The van der Waals surface area contributed by atoms with Crippen molar-refractivity contribution in [2.75, 3.05) is 68.8 Å². The smallest absolute Gasteiger partial charge is 0.255 e. The maximum atomic E-state index is 13.4. The number of rotatable bonds is 14. The summed E-state index contributed by atoms with van der Waals surface area (Å²) in [4.78, 5) is 65.8. The number of aromatic nitrogens is 2. The van der Waals surface area contributed by atoms with E-state index in [4.69, 9.17) is 21.1 Å². The molecule has 4 aromatic rings. The molecule has 3 N–H and O–H groups in total. The van der Waals surface area contributed by atoms with Crippen LogP contribution in [0.25, 0.3) is 0 Å². The van der Waals surface area contributed by atoms with E-state index in [2.05, 4.69) is 49.9 Å².